The molecule has 0 saturated carbocycles. The van der Waals surface area contributed by atoms with Crippen LogP contribution in [-0.4, -0.2) is 6.54 Å². The molecule has 0 fully saturated rings. The second-order valence-electron chi connectivity index (χ2n) is 4.50. The monoisotopic (exact) mass is 369 g/mol. The lowest BCUT2D eigenvalue weighted by atomic mass is 10.2. The molecule has 2 aromatic rings. The van der Waals surface area contributed by atoms with Crippen LogP contribution in [0.25, 0.3) is 0 Å². The molecule has 1 nitrogen and oxygen atoms in total. The fourth-order valence-corrected chi connectivity index (χ4v) is 3.61. The van der Waals surface area contributed by atoms with Crippen molar-refractivity contribution in [2.75, 3.05) is 6.54 Å². The molecule has 0 radical (unpaired) electrons. The first kappa shape index (κ1) is 15.9. The van der Waals surface area contributed by atoms with Gasteiger partial charge >= 0.3 is 0 Å². The topological polar surface area (TPSA) is 12.0 Å². The first-order chi connectivity index (χ1) is 9.69. The van der Waals surface area contributed by atoms with E-state index in [1.54, 1.807) is 11.8 Å². The molecule has 0 amide bonds. The molecule has 0 aliphatic heterocycles. The van der Waals surface area contributed by atoms with E-state index in [4.69, 9.17) is 11.6 Å². The van der Waals surface area contributed by atoms with Crippen LogP contribution in [0, 0.1) is 0 Å². The van der Waals surface area contributed by atoms with Crippen molar-refractivity contribution in [1.82, 2.24) is 5.32 Å². The van der Waals surface area contributed by atoms with Gasteiger partial charge in [0, 0.05) is 25.8 Å². The van der Waals surface area contributed by atoms with E-state index in [0.29, 0.717) is 0 Å². The molecule has 0 heterocycles. The molecule has 0 aromatic heterocycles. The maximum atomic E-state index is 6.01. The number of rotatable bonds is 6. The van der Waals surface area contributed by atoms with Crippen LogP contribution in [0.2, 0.25) is 5.02 Å². The molecular weight excluding hydrogens is 354 g/mol. The molecule has 2 aromatic carbocycles. The summed E-state index contributed by atoms with van der Waals surface area (Å²) in [6.45, 7) is 4.14. The van der Waals surface area contributed by atoms with Crippen LogP contribution in [0.1, 0.15) is 18.9 Å². The molecular formula is C16H17BrClNS. The van der Waals surface area contributed by atoms with Gasteiger partial charge in [-0.1, -0.05) is 42.4 Å². The lowest BCUT2D eigenvalue weighted by Gasteiger charge is -2.08. The van der Waals surface area contributed by atoms with Gasteiger partial charge in [-0.2, -0.15) is 0 Å². The predicted molar refractivity (Wildman–Crippen MR) is 91.7 cm³/mol. The van der Waals surface area contributed by atoms with Gasteiger partial charge in [0.25, 0.3) is 0 Å². The van der Waals surface area contributed by atoms with Gasteiger partial charge in [-0.05, 0) is 64.8 Å². The zero-order chi connectivity index (χ0) is 14.4. The summed E-state index contributed by atoms with van der Waals surface area (Å²) in [6, 6.07) is 14.4. The molecule has 106 valence electrons. The molecule has 0 saturated heterocycles. The molecule has 0 unspecified atom stereocenters. The van der Waals surface area contributed by atoms with E-state index in [-0.39, 0.29) is 0 Å². The zero-order valence-electron chi connectivity index (χ0n) is 11.3. The molecule has 0 aliphatic carbocycles. The van der Waals surface area contributed by atoms with E-state index in [1.165, 1.54) is 10.5 Å². The van der Waals surface area contributed by atoms with Gasteiger partial charge < -0.3 is 5.32 Å². The lowest BCUT2D eigenvalue weighted by molar-refractivity contribution is 0.675. The Labute approximate surface area is 138 Å². The molecule has 0 bridgehead atoms. The maximum absolute atomic E-state index is 6.01. The summed E-state index contributed by atoms with van der Waals surface area (Å²) < 4.78 is 1.12. The molecule has 0 spiro atoms. The quantitative estimate of drug-likeness (QED) is 0.649. The van der Waals surface area contributed by atoms with Crippen LogP contribution in [0.15, 0.2) is 56.7 Å². The Balaban J connectivity index is 2.06. The number of hydrogen-bond acceptors (Lipinski definition) is 2. The molecule has 4 heteroatoms. The lowest BCUT2D eigenvalue weighted by Crippen LogP contribution is -2.13. The Bertz CT molecular complexity index is 574. The molecule has 2 rings (SSSR count). The van der Waals surface area contributed by atoms with E-state index < -0.39 is 0 Å². The van der Waals surface area contributed by atoms with E-state index in [9.17, 15) is 0 Å². The Morgan fingerprint density at radius 3 is 2.75 bits per heavy atom. The minimum absolute atomic E-state index is 0.770. The average molecular weight is 371 g/mol. The molecule has 0 atom stereocenters. The third-order valence-electron chi connectivity index (χ3n) is 2.78. The van der Waals surface area contributed by atoms with Crippen LogP contribution in [-0.2, 0) is 6.54 Å². The Morgan fingerprint density at radius 1 is 1.20 bits per heavy atom. The smallest absolute Gasteiger partial charge is 0.0417 e. The van der Waals surface area contributed by atoms with Gasteiger partial charge in [0.15, 0.2) is 0 Å². The molecule has 20 heavy (non-hydrogen) atoms. The van der Waals surface area contributed by atoms with Crippen LogP contribution >= 0.6 is 39.3 Å². The first-order valence-electron chi connectivity index (χ1n) is 6.61. The average Bonchev–Trinajstić information content (AvgIpc) is 2.42. The highest BCUT2D eigenvalue weighted by atomic mass is 79.9. The summed E-state index contributed by atoms with van der Waals surface area (Å²) in [4.78, 5) is 2.35. The van der Waals surface area contributed by atoms with Gasteiger partial charge in [-0.3, -0.25) is 0 Å². The standard InChI is InChI=1S/C16H17BrClNS/c1-2-8-19-11-12-6-7-16(15(17)9-12)20-14-5-3-4-13(18)10-14/h3-7,9-10,19H,2,8,11H2,1H3. The van der Waals surface area contributed by atoms with E-state index in [1.807, 2.05) is 18.2 Å². The Kier molecular flexibility index (Phi) is 6.43. The summed E-state index contributed by atoms with van der Waals surface area (Å²) in [5, 5.41) is 4.18. The van der Waals surface area contributed by atoms with Crippen molar-refractivity contribution in [3.05, 3.63) is 57.5 Å². The second kappa shape index (κ2) is 8.08. The largest absolute Gasteiger partial charge is 0.313 e. The van der Waals surface area contributed by atoms with Crippen molar-refractivity contribution in [3.63, 3.8) is 0 Å². The van der Waals surface area contributed by atoms with Crippen LogP contribution < -0.4 is 5.32 Å². The highest BCUT2D eigenvalue weighted by molar-refractivity contribution is 9.10. The third-order valence-corrected chi connectivity index (χ3v) is 5.00. The van der Waals surface area contributed by atoms with Gasteiger partial charge in [0.2, 0.25) is 0 Å². The highest BCUT2D eigenvalue weighted by Crippen LogP contribution is 2.34. The normalized spacial score (nSPS) is 10.8. The minimum Gasteiger partial charge on any atom is -0.313 e. The van der Waals surface area contributed by atoms with Crippen LogP contribution in [0.3, 0.4) is 0 Å². The second-order valence-corrected chi connectivity index (χ2v) is 6.91. The third kappa shape index (κ3) is 4.81. The van der Waals surface area contributed by atoms with Crippen molar-refractivity contribution >= 4 is 39.3 Å². The van der Waals surface area contributed by atoms with Crippen molar-refractivity contribution in [1.29, 1.82) is 0 Å². The van der Waals surface area contributed by atoms with Gasteiger partial charge in [-0.25, -0.2) is 0 Å². The van der Waals surface area contributed by atoms with Crippen LogP contribution in [0.5, 0.6) is 0 Å². The fraction of sp³-hybridized carbons (Fsp3) is 0.250. The van der Waals surface area contributed by atoms with Gasteiger partial charge in [-0.15, -0.1) is 0 Å². The summed E-state index contributed by atoms with van der Waals surface area (Å²) in [5.74, 6) is 0. The van der Waals surface area contributed by atoms with Gasteiger partial charge in [0.1, 0.15) is 0 Å². The van der Waals surface area contributed by atoms with Crippen molar-refractivity contribution in [3.8, 4) is 0 Å². The van der Waals surface area contributed by atoms with Crippen molar-refractivity contribution < 1.29 is 0 Å². The van der Waals surface area contributed by atoms with Gasteiger partial charge in [0.05, 0.1) is 0 Å². The molecule has 0 aliphatic rings. The number of nitrogens with one attached hydrogen (secondary N) is 1. The Morgan fingerprint density at radius 2 is 2.05 bits per heavy atom. The van der Waals surface area contributed by atoms with Crippen LogP contribution in [0.4, 0.5) is 0 Å². The SMILES string of the molecule is CCCNCc1ccc(Sc2cccc(Cl)c2)c(Br)c1. The van der Waals surface area contributed by atoms with E-state index >= 15 is 0 Å². The highest BCUT2D eigenvalue weighted by Gasteiger charge is 2.04. The van der Waals surface area contributed by atoms with E-state index in [0.717, 1.165) is 33.9 Å². The van der Waals surface area contributed by atoms with E-state index in [2.05, 4.69) is 52.4 Å². The maximum Gasteiger partial charge on any atom is 0.0417 e. The Hall–Kier alpha value is -0.480. The number of halogens is 2. The summed E-state index contributed by atoms with van der Waals surface area (Å²) >= 11 is 11.4. The number of benzene rings is 2. The first-order valence-corrected chi connectivity index (χ1v) is 8.60. The summed E-state index contributed by atoms with van der Waals surface area (Å²) in [5.41, 5.74) is 1.29. The molecule has 1 N–H and O–H groups in total. The van der Waals surface area contributed by atoms with Crippen molar-refractivity contribution in [2.24, 2.45) is 0 Å². The number of hydrogen-bond donors (Lipinski definition) is 1. The predicted octanol–water partition coefficient (Wildman–Crippen LogP) is 5.75. The van der Waals surface area contributed by atoms with Crippen molar-refractivity contribution in [2.45, 2.75) is 29.7 Å². The summed E-state index contributed by atoms with van der Waals surface area (Å²) in [6.07, 6.45) is 1.16. The minimum atomic E-state index is 0.770. The summed E-state index contributed by atoms with van der Waals surface area (Å²) in [7, 11) is 0. The fourth-order valence-electron chi connectivity index (χ4n) is 1.80. The zero-order valence-corrected chi connectivity index (χ0v) is 14.5.